The van der Waals surface area contributed by atoms with Gasteiger partial charge in [-0.25, -0.2) is 4.39 Å². The van der Waals surface area contributed by atoms with Crippen molar-refractivity contribution < 1.29 is 13.9 Å². The number of nitrogens with zero attached hydrogens (tertiary/aromatic N) is 2. The molecule has 154 valence electrons. The number of ether oxygens (including phenoxy) is 1. The summed E-state index contributed by atoms with van der Waals surface area (Å²) >= 11 is 0. The summed E-state index contributed by atoms with van der Waals surface area (Å²) in [5.41, 5.74) is 1.90. The predicted molar refractivity (Wildman–Crippen MR) is 112 cm³/mol. The van der Waals surface area contributed by atoms with Crippen LogP contribution < -0.4 is 4.74 Å². The van der Waals surface area contributed by atoms with Crippen molar-refractivity contribution in [3.8, 4) is 5.75 Å². The number of piperidine rings is 2. The fraction of sp³-hybridized carbons (Fsp3) is 0.458. The highest BCUT2D eigenvalue weighted by molar-refractivity contribution is 5.94. The van der Waals surface area contributed by atoms with E-state index in [-0.39, 0.29) is 17.8 Å². The Morgan fingerprint density at radius 2 is 1.69 bits per heavy atom. The summed E-state index contributed by atoms with van der Waals surface area (Å²) in [6, 6.07) is 15.0. The molecule has 2 aromatic rings. The number of carbonyl (C=O) groups excluding carboxylic acids is 1. The lowest BCUT2D eigenvalue weighted by Gasteiger charge is -2.41. The van der Waals surface area contributed by atoms with Crippen molar-refractivity contribution in [3.05, 3.63) is 65.5 Å². The Kier molecular flexibility index (Phi) is 6.14. The van der Waals surface area contributed by atoms with Crippen LogP contribution in [0.2, 0.25) is 0 Å². The maximum absolute atomic E-state index is 13.8. The van der Waals surface area contributed by atoms with Gasteiger partial charge in [0.2, 0.25) is 0 Å². The summed E-state index contributed by atoms with van der Waals surface area (Å²) in [5, 5.41) is 0. The molecule has 0 radical (unpaired) electrons. The third-order valence-electron chi connectivity index (χ3n) is 6.14. The van der Waals surface area contributed by atoms with E-state index in [0.717, 1.165) is 63.0 Å². The van der Waals surface area contributed by atoms with Crippen LogP contribution in [0.4, 0.5) is 4.39 Å². The smallest absolute Gasteiger partial charge is 0.253 e. The fourth-order valence-electron chi connectivity index (χ4n) is 4.47. The molecular formula is C24H29FN2O2. The molecule has 2 aromatic carbocycles. The number of benzene rings is 2. The molecule has 2 aliphatic heterocycles. The largest absolute Gasteiger partial charge is 0.487 e. The van der Waals surface area contributed by atoms with Gasteiger partial charge in [-0.2, -0.15) is 0 Å². The van der Waals surface area contributed by atoms with Gasteiger partial charge in [-0.05, 0) is 56.9 Å². The van der Waals surface area contributed by atoms with Crippen LogP contribution in [0.1, 0.15) is 41.6 Å². The van der Waals surface area contributed by atoms with Gasteiger partial charge in [0.15, 0.2) is 11.6 Å². The number of likely N-dealkylation sites (tertiary alicyclic amines) is 2. The molecule has 4 rings (SSSR count). The summed E-state index contributed by atoms with van der Waals surface area (Å²) in [6.07, 6.45) is 3.92. The minimum Gasteiger partial charge on any atom is -0.487 e. The molecule has 0 saturated carbocycles. The molecule has 0 bridgehead atoms. The zero-order valence-corrected chi connectivity index (χ0v) is 17.0. The number of hydrogen-bond acceptors (Lipinski definition) is 3. The number of amides is 1. The molecule has 29 heavy (non-hydrogen) atoms. The van der Waals surface area contributed by atoms with Crippen molar-refractivity contribution in [1.82, 2.24) is 9.80 Å². The van der Waals surface area contributed by atoms with E-state index < -0.39 is 0 Å². The van der Waals surface area contributed by atoms with E-state index in [1.54, 1.807) is 18.2 Å². The number of halogens is 1. The topological polar surface area (TPSA) is 32.8 Å². The van der Waals surface area contributed by atoms with Crippen LogP contribution in [0.15, 0.2) is 48.5 Å². The second kappa shape index (κ2) is 8.95. The van der Waals surface area contributed by atoms with Gasteiger partial charge >= 0.3 is 0 Å². The number of aryl methyl sites for hydroxylation is 1. The molecule has 2 aliphatic rings. The minimum absolute atomic E-state index is 0.0751. The highest BCUT2D eigenvalue weighted by Gasteiger charge is 2.30. The van der Waals surface area contributed by atoms with Crippen LogP contribution in [-0.2, 0) is 0 Å². The van der Waals surface area contributed by atoms with Gasteiger partial charge in [0.05, 0.1) is 0 Å². The third kappa shape index (κ3) is 4.78. The summed E-state index contributed by atoms with van der Waals surface area (Å²) < 4.78 is 19.7. The molecule has 1 amide bonds. The van der Waals surface area contributed by atoms with Crippen LogP contribution >= 0.6 is 0 Å². The second-order valence-corrected chi connectivity index (χ2v) is 8.18. The van der Waals surface area contributed by atoms with Crippen molar-refractivity contribution in [2.75, 3.05) is 26.2 Å². The predicted octanol–water partition coefficient (Wildman–Crippen LogP) is 4.28. The first kappa shape index (κ1) is 19.9. The Morgan fingerprint density at radius 1 is 0.966 bits per heavy atom. The van der Waals surface area contributed by atoms with Gasteiger partial charge in [-0.3, -0.25) is 9.69 Å². The van der Waals surface area contributed by atoms with E-state index in [9.17, 15) is 9.18 Å². The maximum atomic E-state index is 13.8. The third-order valence-corrected chi connectivity index (χ3v) is 6.14. The SMILES string of the molecule is Cc1cccc(C(=O)N2CCC(N3CCC(Oc4ccccc4F)CC3)CC2)c1. The van der Waals surface area contributed by atoms with Crippen LogP contribution in [0.5, 0.6) is 5.75 Å². The summed E-state index contributed by atoms with van der Waals surface area (Å²) in [7, 11) is 0. The van der Waals surface area contributed by atoms with E-state index in [0.29, 0.717) is 11.8 Å². The van der Waals surface area contributed by atoms with Crippen molar-refractivity contribution in [3.63, 3.8) is 0 Å². The number of rotatable bonds is 4. The van der Waals surface area contributed by atoms with E-state index in [1.807, 2.05) is 36.1 Å². The normalized spacial score (nSPS) is 19.3. The Hall–Kier alpha value is -2.40. The Bertz CT molecular complexity index is 840. The maximum Gasteiger partial charge on any atom is 0.253 e. The number of carbonyl (C=O) groups is 1. The Labute approximate surface area is 172 Å². The van der Waals surface area contributed by atoms with Gasteiger partial charge in [0, 0.05) is 37.8 Å². The molecule has 5 heteroatoms. The molecule has 0 unspecified atom stereocenters. The fourth-order valence-corrected chi connectivity index (χ4v) is 4.47. The van der Waals surface area contributed by atoms with E-state index in [4.69, 9.17) is 4.74 Å². The lowest BCUT2D eigenvalue weighted by molar-refractivity contribution is 0.0416. The van der Waals surface area contributed by atoms with Gasteiger partial charge in [0.25, 0.3) is 5.91 Å². The van der Waals surface area contributed by atoms with E-state index in [2.05, 4.69) is 4.90 Å². The number of para-hydroxylation sites is 1. The first-order valence-electron chi connectivity index (χ1n) is 10.6. The van der Waals surface area contributed by atoms with Crippen LogP contribution in [0, 0.1) is 12.7 Å². The summed E-state index contributed by atoms with van der Waals surface area (Å²) in [5.74, 6) is 0.207. The molecule has 4 nitrogen and oxygen atoms in total. The minimum atomic E-state index is -0.291. The Balaban J connectivity index is 1.25. The molecular weight excluding hydrogens is 367 g/mol. The molecule has 0 aromatic heterocycles. The zero-order valence-electron chi connectivity index (χ0n) is 17.0. The lowest BCUT2D eigenvalue weighted by atomic mass is 9.98. The lowest BCUT2D eigenvalue weighted by Crippen LogP contribution is -2.50. The standard InChI is InChI=1S/C24H29FN2O2/c1-18-5-4-6-19(17-18)24(28)27-13-9-20(10-14-27)26-15-11-21(12-16-26)29-23-8-3-2-7-22(23)25/h2-8,17,20-21H,9-16H2,1H3. The zero-order chi connectivity index (χ0) is 20.2. The molecule has 0 aliphatic carbocycles. The molecule has 2 saturated heterocycles. The second-order valence-electron chi connectivity index (χ2n) is 8.18. The van der Waals surface area contributed by atoms with Crippen LogP contribution in [0.25, 0.3) is 0 Å². The highest BCUT2D eigenvalue weighted by Crippen LogP contribution is 2.25. The first-order valence-corrected chi connectivity index (χ1v) is 10.6. The highest BCUT2D eigenvalue weighted by atomic mass is 19.1. The van der Waals surface area contributed by atoms with E-state index in [1.165, 1.54) is 6.07 Å². The van der Waals surface area contributed by atoms with Crippen molar-refractivity contribution in [2.24, 2.45) is 0 Å². The van der Waals surface area contributed by atoms with Gasteiger partial charge < -0.3 is 9.64 Å². The van der Waals surface area contributed by atoms with Crippen molar-refractivity contribution >= 4 is 5.91 Å². The average Bonchev–Trinajstić information content (AvgIpc) is 2.75. The summed E-state index contributed by atoms with van der Waals surface area (Å²) in [4.78, 5) is 17.3. The summed E-state index contributed by atoms with van der Waals surface area (Å²) in [6.45, 7) is 5.57. The molecule has 0 N–H and O–H groups in total. The monoisotopic (exact) mass is 396 g/mol. The Morgan fingerprint density at radius 3 is 2.38 bits per heavy atom. The molecule has 0 atom stereocenters. The molecule has 2 fully saturated rings. The average molecular weight is 397 g/mol. The van der Waals surface area contributed by atoms with Crippen molar-refractivity contribution in [2.45, 2.75) is 44.8 Å². The van der Waals surface area contributed by atoms with Crippen LogP contribution in [0.3, 0.4) is 0 Å². The van der Waals surface area contributed by atoms with Gasteiger partial charge in [-0.1, -0.05) is 29.8 Å². The molecule has 2 heterocycles. The van der Waals surface area contributed by atoms with Gasteiger partial charge in [0.1, 0.15) is 6.10 Å². The van der Waals surface area contributed by atoms with Crippen LogP contribution in [-0.4, -0.2) is 54.0 Å². The number of hydrogen-bond donors (Lipinski definition) is 0. The van der Waals surface area contributed by atoms with Gasteiger partial charge in [-0.15, -0.1) is 0 Å². The molecule has 0 spiro atoms. The van der Waals surface area contributed by atoms with E-state index >= 15 is 0 Å². The quantitative estimate of drug-likeness (QED) is 0.773. The van der Waals surface area contributed by atoms with Crippen molar-refractivity contribution in [1.29, 1.82) is 0 Å². The first-order chi connectivity index (χ1) is 14.1.